The van der Waals surface area contributed by atoms with Gasteiger partial charge in [-0.25, -0.2) is 4.79 Å². The fourth-order valence-corrected chi connectivity index (χ4v) is 2.61. The number of esters is 1. The number of hydrogen-bond acceptors (Lipinski definition) is 6. The highest BCUT2D eigenvalue weighted by Gasteiger charge is 2.22. The summed E-state index contributed by atoms with van der Waals surface area (Å²) < 4.78 is 21.4. The highest BCUT2D eigenvalue weighted by Crippen LogP contribution is 2.31. The molecule has 0 radical (unpaired) electrons. The Balaban J connectivity index is 1.66. The molecule has 0 spiro atoms. The minimum Gasteiger partial charge on any atom is -0.495 e. The predicted molar refractivity (Wildman–Crippen MR) is 98.7 cm³/mol. The van der Waals surface area contributed by atoms with Crippen molar-refractivity contribution in [2.24, 2.45) is 0 Å². The van der Waals surface area contributed by atoms with Gasteiger partial charge >= 0.3 is 5.97 Å². The first-order chi connectivity index (χ1) is 13.0. The van der Waals surface area contributed by atoms with Gasteiger partial charge < -0.3 is 24.3 Å². The first kappa shape index (κ1) is 18.6. The maximum Gasteiger partial charge on any atom is 0.339 e. The third-order valence-corrected chi connectivity index (χ3v) is 4.04. The van der Waals surface area contributed by atoms with Gasteiger partial charge in [0.25, 0.3) is 5.91 Å². The van der Waals surface area contributed by atoms with Crippen molar-refractivity contribution in [3.05, 3.63) is 47.5 Å². The molecule has 1 unspecified atom stereocenters. The van der Waals surface area contributed by atoms with Crippen LogP contribution >= 0.6 is 0 Å². The molecule has 1 heterocycles. The third kappa shape index (κ3) is 4.31. The van der Waals surface area contributed by atoms with Crippen LogP contribution in [0.15, 0.2) is 36.4 Å². The van der Waals surface area contributed by atoms with E-state index in [4.69, 9.17) is 18.9 Å². The summed E-state index contributed by atoms with van der Waals surface area (Å²) in [4.78, 5) is 24.8. The predicted octanol–water partition coefficient (Wildman–Crippen LogP) is 2.96. The Morgan fingerprint density at radius 3 is 2.56 bits per heavy atom. The van der Waals surface area contributed by atoms with Crippen molar-refractivity contribution < 1.29 is 28.5 Å². The second-order valence-electron chi connectivity index (χ2n) is 6.10. The standard InChI is InChI=1S/C20H21NO6/c1-12-4-6-16(24-3)15(10-12)21-19(22)13(2)27-20(23)14-5-7-17-18(11-14)26-9-8-25-17/h4-7,10-11,13H,8-9H2,1-3H3,(H,21,22). The highest BCUT2D eigenvalue weighted by molar-refractivity contribution is 5.98. The van der Waals surface area contributed by atoms with E-state index in [1.54, 1.807) is 30.3 Å². The molecule has 0 aromatic heterocycles. The number of nitrogens with one attached hydrogen (secondary N) is 1. The number of benzene rings is 2. The average molecular weight is 371 g/mol. The number of carbonyl (C=O) groups excluding carboxylic acids is 2. The summed E-state index contributed by atoms with van der Waals surface area (Å²) in [6, 6.07) is 10.2. The Hall–Kier alpha value is -3.22. The Morgan fingerprint density at radius 2 is 1.81 bits per heavy atom. The maximum absolute atomic E-state index is 12.4. The van der Waals surface area contributed by atoms with Crippen LogP contribution in [0, 0.1) is 6.92 Å². The Morgan fingerprint density at radius 1 is 1.07 bits per heavy atom. The molecule has 3 rings (SSSR count). The summed E-state index contributed by atoms with van der Waals surface area (Å²) in [6.45, 7) is 4.30. The lowest BCUT2D eigenvalue weighted by Gasteiger charge is -2.19. The topological polar surface area (TPSA) is 83.1 Å². The molecule has 1 atom stereocenters. The lowest BCUT2D eigenvalue weighted by atomic mass is 10.2. The van der Waals surface area contributed by atoms with Crippen molar-refractivity contribution >= 4 is 17.6 Å². The van der Waals surface area contributed by atoms with Gasteiger partial charge in [-0.15, -0.1) is 0 Å². The average Bonchev–Trinajstić information content (AvgIpc) is 2.67. The smallest absolute Gasteiger partial charge is 0.339 e. The van der Waals surface area contributed by atoms with Crippen LogP contribution in [0.1, 0.15) is 22.8 Å². The Labute approximate surface area is 157 Å². The quantitative estimate of drug-likeness (QED) is 0.814. The van der Waals surface area contributed by atoms with Gasteiger partial charge in [-0.3, -0.25) is 4.79 Å². The fraction of sp³-hybridized carbons (Fsp3) is 0.300. The summed E-state index contributed by atoms with van der Waals surface area (Å²) in [5.41, 5.74) is 1.77. The van der Waals surface area contributed by atoms with Crippen LogP contribution in [0.3, 0.4) is 0 Å². The van der Waals surface area contributed by atoms with Crippen LogP contribution in [-0.4, -0.2) is 38.3 Å². The van der Waals surface area contributed by atoms with Gasteiger partial charge in [0.2, 0.25) is 0 Å². The number of carbonyl (C=O) groups is 2. The van der Waals surface area contributed by atoms with Crippen molar-refractivity contribution in [2.75, 3.05) is 25.6 Å². The van der Waals surface area contributed by atoms with E-state index in [0.29, 0.717) is 36.1 Å². The molecule has 27 heavy (non-hydrogen) atoms. The van der Waals surface area contributed by atoms with E-state index in [1.165, 1.54) is 14.0 Å². The minimum absolute atomic E-state index is 0.284. The zero-order chi connectivity index (χ0) is 19.4. The van der Waals surface area contributed by atoms with Crippen LogP contribution in [0.4, 0.5) is 5.69 Å². The van der Waals surface area contributed by atoms with Crippen LogP contribution < -0.4 is 19.5 Å². The summed E-state index contributed by atoms with van der Waals surface area (Å²) in [5.74, 6) is 0.516. The molecule has 7 nitrogen and oxygen atoms in total. The van der Waals surface area contributed by atoms with E-state index in [1.807, 2.05) is 13.0 Å². The van der Waals surface area contributed by atoms with Crippen LogP contribution in [-0.2, 0) is 9.53 Å². The molecular weight excluding hydrogens is 350 g/mol. The number of rotatable bonds is 5. The van der Waals surface area contributed by atoms with Crippen LogP contribution in [0.25, 0.3) is 0 Å². The molecule has 1 N–H and O–H groups in total. The van der Waals surface area contributed by atoms with Gasteiger partial charge in [-0.1, -0.05) is 6.07 Å². The molecule has 1 amide bonds. The van der Waals surface area contributed by atoms with E-state index >= 15 is 0 Å². The van der Waals surface area contributed by atoms with E-state index in [9.17, 15) is 9.59 Å². The number of methoxy groups -OCH3 is 1. The SMILES string of the molecule is COc1ccc(C)cc1NC(=O)C(C)OC(=O)c1ccc2c(c1)OCCO2. The van der Waals surface area contributed by atoms with Crippen molar-refractivity contribution in [3.8, 4) is 17.2 Å². The first-order valence-electron chi connectivity index (χ1n) is 8.54. The molecule has 0 saturated carbocycles. The van der Waals surface area contributed by atoms with E-state index in [0.717, 1.165) is 5.56 Å². The van der Waals surface area contributed by atoms with Crippen molar-refractivity contribution in [1.82, 2.24) is 0 Å². The van der Waals surface area contributed by atoms with Crippen molar-refractivity contribution in [1.29, 1.82) is 0 Å². The second-order valence-corrected chi connectivity index (χ2v) is 6.10. The molecule has 1 aliphatic heterocycles. The van der Waals surface area contributed by atoms with E-state index in [-0.39, 0.29) is 5.56 Å². The van der Waals surface area contributed by atoms with E-state index in [2.05, 4.69) is 5.32 Å². The van der Waals surface area contributed by atoms with Gasteiger partial charge in [-0.05, 0) is 49.7 Å². The number of anilines is 1. The van der Waals surface area contributed by atoms with Gasteiger partial charge in [0.15, 0.2) is 17.6 Å². The molecule has 2 aromatic rings. The molecule has 142 valence electrons. The normalized spacial score (nSPS) is 13.4. The minimum atomic E-state index is -0.990. The first-order valence-corrected chi connectivity index (χ1v) is 8.54. The fourth-order valence-electron chi connectivity index (χ4n) is 2.61. The number of aryl methyl sites for hydroxylation is 1. The number of hydrogen-bond donors (Lipinski definition) is 1. The molecule has 2 aromatic carbocycles. The Kier molecular flexibility index (Phi) is 5.49. The van der Waals surface area contributed by atoms with Crippen LogP contribution in [0.5, 0.6) is 17.2 Å². The van der Waals surface area contributed by atoms with Gasteiger partial charge in [0.05, 0.1) is 18.4 Å². The third-order valence-electron chi connectivity index (χ3n) is 4.04. The van der Waals surface area contributed by atoms with E-state index < -0.39 is 18.0 Å². The molecule has 1 aliphatic rings. The van der Waals surface area contributed by atoms with Crippen molar-refractivity contribution in [3.63, 3.8) is 0 Å². The second kappa shape index (κ2) is 7.99. The molecule has 7 heteroatoms. The number of fused-ring (bicyclic) bond motifs is 1. The summed E-state index contributed by atoms with van der Waals surface area (Å²) in [6.07, 6.45) is -0.990. The van der Waals surface area contributed by atoms with Crippen LogP contribution in [0.2, 0.25) is 0 Å². The summed E-state index contributed by atoms with van der Waals surface area (Å²) in [5, 5.41) is 2.72. The molecular formula is C20H21NO6. The largest absolute Gasteiger partial charge is 0.495 e. The number of amides is 1. The number of ether oxygens (including phenoxy) is 4. The molecule has 0 aliphatic carbocycles. The highest BCUT2D eigenvalue weighted by atomic mass is 16.6. The lowest BCUT2D eigenvalue weighted by molar-refractivity contribution is -0.123. The zero-order valence-electron chi connectivity index (χ0n) is 15.4. The molecule has 0 saturated heterocycles. The summed E-state index contributed by atoms with van der Waals surface area (Å²) >= 11 is 0. The summed E-state index contributed by atoms with van der Waals surface area (Å²) in [7, 11) is 1.52. The Bertz CT molecular complexity index is 864. The van der Waals surface area contributed by atoms with Crippen molar-refractivity contribution in [2.45, 2.75) is 20.0 Å². The van der Waals surface area contributed by atoms with Gasteiger partial charge in [-0.2, -0.15) is 0 Å². The molecule has 0 fully saturated rings. The zero-order valence-corrected chi connectivity index (χ0v) is 15.4. The van der Waals surface area contributed by atoms with Gasteiger partial charge in [0, 0.05) is 0 Å². The van der Waals surface area contributed by atoms with Gasteiger partial charge in [0.1, 0.15) is 19.0 Å². The maximum atomic E-state index is 12.4. The molecule has 0 bridgehead atoms. The monoisotopic (exact) mass is 371 g/mol. The lowest BCUT2D eigenvalue weighted by Crippen LogP contribution is -2.30.